The van der Waals surface area contributed by atoms with Crippen LogP contribution in [0.2, 0.25) is 0 Å². The Morgan fingerprint density at radius 3 is 2.26 bits per heavy atom. The van der Waals surface area contributed by atoms with Gasteiger partial charge in [0, 0.05) is 24.4 Å². The second kappa shape index (κ2) is 15.0. The van der Waals surface area contributed by atoms with Crippen molar-refractivity contribution in [3.8, 4) is 24.3 Å². The molecule has 1 aliphatic carbocycles. The molecule has 5 rings (SSSR count). The number of amides is 1. The lowest BCUT2D eigenvalue weighted by atomic mass is 9.74. The van der Waals surface area contributed by atoms with Crippen molar-refractivity contribution >= 4 is 23.3 Å². The molecule has 200 valence electrons. The van der Waals surface area contributed by atoms with Crippen molar-refractivity contribution in [1.82, 2.24) is 10.2 Å². The summed E-state index contributed by atoms with van der Waals surface area (Å²) in [4.78, 5) is 14.8. The summed E-state index contributed by atoms with van der Waals surface area (Å²) in [5.74, 6) is 1.54. The van der Waals surface area contributed by atoms with E-state index >= 15 is 0 Å². The second-order valence-electron chi connectivity index (χ2n) is 9.31. The SMILES string of the molecule is C#C.COc1cc(CNC(=O)CCCN2CCC3(C=Cc4ccccc43)CC2)cc(OC)c1.c1ccsc1. The predicted molar refractivity (Wildman–Crippen MR) is 158 cm³/mol. The second-order valence-corrected chi connectivity index (χ2v) is 10.1. The maximum atomic E-state index is 12.3. The lowest BCUT2D eigenvalue weighted by molar-refractivity contribution is -0.121. The maximum absolute atomic E-state index is 12.3. The van der Waals surface area contributed by atoms with Gasteiger partial charge in [-0.1, -0.05) is 48.6 Å². The third-order valence-corrected chi connectivity index (χ3v) is 7.66. The third kappa shape index (κ3) is 7.98. The van der Waals surface area contributed by atoms with Gasteiger partial charge >= 0.3 is 0 Å². The highest BCUT2D eigenvalue weighted by Gasteiger charge is 2.37. The van der Waals surface area contributed by atoms with Gasteiger partial charge in [-0.05, 0) is 78.5 Å². The van der Waals surface area contributed by atoms with Crippen LogP contribution in [0, 0.1) is 12.8 Å². The number of allylic oxidation sites excluding steroid dienone is 1. The molecule has 0 atom stereocenters. The van der Waals surface area contributed by atoms with E-state index in [2.05, 4.69) is 59.5 Å². The van der Waals surface area contributed by atoms with Crippen LogP contribution in [0.15, 0.2) is 71.4 Å². The fraction of sp³-hybridized carbons (Fsp3) is 0.344. The fourth-order valence-corrected chi connectivity index (χ4v) is 5.45. The topological polar surface area (TPSA) is 50.8 Å². The van der Waals surface area contributed by atoms with Gasteiger partial charge in [-0.2, -0.15) is 11.3 Å². The number of likely N-dealkylation sites (tertiary alicyclic amines) is 1. The fourth-order valence-electron chi connectivity index (χ4n) is 4.99. The van der Waals surface area contributed by atoms with Gasteiger partial charge in [0.15, 0.2) is 0 Å². The molecule has 2 heterocycles. The Balaban J connectivity index is 0.000000504. The van der Waals surface area contributed by atoms with Crippen LogP contribution in [0.3, 0.4) is 0 Å². The van der Waals surface area contributed by atoms with Crippen molar-refractivity contribution in [2.24, 2.45) is 0 Å². The van der Waals surface area contributed by atoms with Gasteiger partial charge in [0.25, 0.3) is 0 Å². The monoisotopic (exact) mass is 530 g/mol. The smallest absolute Gasteiger partial charge is 0.220 e. The molecule has 0 bridgehead atoms. The number of carbonyl (C=O) groups excluding carboxylic acids is 1. The Labute approximate surface area is 231 Å². The quantitative estimate of drug-likeness (QED) is 0.355. The van der Waals surface area contributed by atoms with Crippen LogP contribution in [0.4, 0.5) is 0 Å². The molecular weight excluding hydrogens is 492 g/mol. The van der Waals surface area contributed by atoms with E-state index in [1.54, 1.807) is 25.6 Å². The minimum atomic E-state index is 0.0860. The van der Waals surface area contributed by atoms with Crippen LogP contribution >= 0.6 is 11.3 Å². The van der Waals surface area contributed by atoms with E-state index in [1.807, 2.05) is 41.1 Å². The molecule has 1 fully saturated rings. The number of thiophene rings is 1. The molecule has 3 aromatic rings. The van der Waals surface area contributed by atoms with Gasteiger partial charge < -0.3 is 19.7 Å². The van der Waals surface area contributed by atoms with E-state index in [1.165, 1.54) is 11.1 Å². The lowest BCUT2D eigenvalue weighted by Crippen LogP contribution is -2.41. The van der Waals surface area contributed by atoms with Crippen LogP contribution in [0.1, 0.15) is 42.4 Å². The summed E-state index contributed by atoms with van der Waals surface area (Å²) >= 11 is 1.71. The number of carbonyl (C=O) groups is 1. The van der Waals surface area contributed by atoms with Gasteiger partial charge in [-0.15, -0.1) is 12.8 Å². The van der Waals surface area contributed by atoms with E-state index in [9.17, 15) is 4.79 Å². The molecular formula is C32H38N2O3S. The standard InChI is InChI=1S/C26H32N2O3.C4H4S.C2H2/c1-30-22-16-20(17-23(18-22)31-2)19-27-25(29)8-5-13-28-14-11-26(12-15-28)10-9-21-6-3-4-7-24(21)26;1-2-4-5-3-1;1-2/h3-4,6-7,9-10,16-18H,5,8,11-15,19H2,1-2H3,(H,27,29);1-4H;1-2H. The molecule has 38 heavy (non-hydrogen) atoms. The molecule has 5 nitrogen and oxygen atoms in total. The van der Waals surface area contributed by atoms with Gasteiger partial charge in [-0.3, -0.25) is 4.79 Å². The molecule has 2 aromatic carbocycles. The van der Waals surface area contributed by atoms with E-state index in [-0.39, 0.29) is 11.3 Å². The molecule has 0 unspecified atom stereocenters. The number of nitrogens with zero attached hydrogens (tertiary/aromatic N) is 1. The number of rotatable bonds is 8. The van der Waals surface area contributed by atoms with Gasteiger partial charge in [0.1, 0.15) is 11.5 Å². The van der Waals surface area contributed by atoms with Crippen LogP contribution in [0.5, 0.6) is 11.5 Å². The average Bonchev–Trinajstić information content (AvgIpc) is 3.67. The maximum Gasteiger partial charge on any atom is 0.220 e. The van der Waals surface area contributed by atoms with E-state index in [0.29, 0.717) is 13.0 Å². The highest BCUT2D eigenvalue weighted by Crippen LogP contribution is 2.43. The molecule has 1 spiro atoms. The Bertz CT molecular complexity index is 1140. The van der Waals surface area contributed by atoms with Crippen LogP contribution in [-0.2, 0) is 16.8 Å². The minimum Gasteiger partial charge on any atom is -0.497 e. The summed E-state index contributed by atoms with van der Waals surface area (Å²) in [6.07, 6.45) is 16.4. The van der Waals surface area contributed by atoms with Gasteiger partial charge in [0.2, 0.25) is 5.91 Å². The van der Waals surface area contributed by atoms with E-state index in [0.717, 1.165) is 56.0 Å². The molecule has 1 N–H and O–H groups in total. The normalized spacial score (nSPS) is 14.8. The van der Waals surface area contributed by atoms with Crippen LogP contribution in [0.25, 0.3) is 6.08 Å². The number of methoxy groups -OCH3 is 2. The zero-order valence-corrected chi connectivity index (χ0v) is 23.2. The first-order valence-corrected chi connectivity index (χ1v) is 13.9. The number of benzene rings is 2. The molecule has 0 radical (unpaired) electrons. The van der Waals surface area contributed by atoms with Crippen molar-refractivity contribution in [2.75, 3.05) is 33.9 Å². The van der Waals surface area contributed by atoms with Crippen LogP contribution < -0.4 is 14.8 Å². The third-order valence-electron chi connectivity index (χ3n) is 7.03. The first-order chi connectivity index (χ1) is 18.6. The lowest BCUT2D eigenvalue weighted by Gasteiger charge is -2.39. The molecule has 1 aliphatic heterocycles. The summed E-state index contributed by atoms with van der Waals surface area (Å²) < 4.78 is 10.6. The summed E-state index contributed by atoms with van der Waals surface area (Å²) in [7, 11) is 3.25. The molecule has 6 heteroatoms. The number of terminal acetylenes is 1. The first kappa shape index (κ1) is 29.0. The van der Waals surface area contributed by atoms with Crippen LogP contribution in [-0.4, -0.2) is 44.7 Å². The summed E-state index contributed by atoms with van der Waals surface area (Å²) in [6.45, 7) is 3.63. The Hall–Kier alpha value is -3.53. The minimum absolute atomic E-state index is 0.0860. The number of hydrogen-bond acceptors (Lipinski definition) is 5. The van der Waals surface area contributed by atoms with E-state index in [4.69, 9.17) is 9.47 Å². The van der Waals surface area contributed by atoms with Crippen molar-refractivity contribution in [1.29, 1.82) is 0 Å². The Morgan fingerprint density at radius 1 is 1.00 bits per heavy atom. The zero-order chi connectivity index (χ0) is 27.2. The average molecular weight is 531 g/mol. The van der Waals surface area contributed by atoms with Crippen molar-refractivity contribution < 1.29 is 14.3 Å². The van der Waals surface area contributed by atoms with Gasteiger partial charge in [0.05, 0.1) is 14.2 Å². The number of fused-ring (bicyclic) bond motifs is 2. The highest BCUT2D eigenvalue weighted by molar-refractivity contribution is 7.07. The molecule has 1 aromatic heterocycles. The summed E-state index contributed by atoms with van der Waals surface area (Å²) in [5, 5.41) is 7.10. The summed E-state index contributed by atoms with van der Waals surface area (Å²) in [6, 6.07) is 18.5. The number of hydrogen-bond donors (Lipinski definition) is 1. The molecule has 1 amide bonds. The first-order valence-electron chi connectivity index (χ1n) is 12.9. The predicted octanol–water partition coefficient (Wildman–Crippen LogP) is 6.16. The van der Waals surface area contributed by atoms with Crippen molar-refractivity contribution in [3.63, 3.8) is 0 Å². The van der Waals surface area contributed by atoms with Crippen molar-refractivity contribution in [2.45, 2.75) is 37.6 Å². The van der Waals surface area contributed by atoms with Crippen molar-refractivity contribution in [3.05, 3.63) is 88.1 Å². The number of ether oxygens (including phenoxy) is 2. The zero-order valence-electron chi connectivity index (χ0n) is 22.4. The molecule has 0 saturated carbocycles. The van der Waals surface area contributed by atoms with Gasteiger partial charge in [-0.25, -0.2) is 0 Å². The molecule has 1 saturated heterocycles. The number of piperidine rings is 1. The molecule has 2 aliphatic rings. The largest absolute Gasteiger partial charge is 0.497 e. The Kier molecular flexibility index (Phi) is 11.5. The van der Waals surface area contributed by atoms with E-state index < -0.39 is 0 Å². The highest BCUT2D eigenvalue weighted by atomic mass is 32.1. The Morgan fingerprint density at radius 2 is 1.66 bits per heavy atom. The summed E-state index contributed by atoms with van der Waals surface area (Å²) in [5.41, 5.74) is 4.06. The number of nitrogens with one attached hydrogen (secondary N) is 1.